The molecule has 0 unspecified atom stereocenters. The van der Waals surface area contributed by atoms with E-state index < -0.39 is 12.1 Å². The highest BCUT2D eigenvalue weighted by Crippen LogP contribution is 2.29. The van der Waals surface area contributed by atoms with E-state index in [1.807, 2.05) is 19.1 Å². The van der Waals surface area contributed by atoms with Crippen LogP contribution >= 0.6 is 0 Å². The zero-order valence-electron chi connectivity index (χ0n) is 12.5. The Morgan fingerprint density at radius 3 is 2.50 bits per heavy atom. The van der Waals surface area contributed by atoms with Gasteiger partial charge in [0.25, 0.3) is 0 Å². The van der Waals surface area contributed by atoms with Gasteiger partial charge in [-0.15, -0.1) is 0 Å². The first kappa shape index (κ1) is 15.9. The van der Waals surface area contributed by atoms with E-state index in [0.29, 0.717) is 17.8 Å². The minimum Gasteiger partial charge on any atom is -0.378 e. The molecular weight excluding hydrogens is 323 g/mol. The second kappa shape index (κ2) is 6.26. The van der Waals surface area contributed by atoms with Gasteiger partial charge < -0.3 is 9.84 Å². The predicted octanol–water partition coefficient (Wildman–Crippen LogP) is 3.47. The summed E-state index contributed by atoms with van der Waals surface area (Å²) in [5.41, 5.74) is 2.81. The molecule has 0 atom stereocenters. The molecule has 0 bridgehead atoms. The van der Waals surface area contributed by atoms with Crippen LogP contribution < -0.4 is 5.32 Å². The van der Waals surface area contributed by atoms with Gasteiger partial charge in [0.15, 0.2) is 0 Å². The number of nitrogens with zero attached hydrogens (tertiary/aromatic N) is 4. The first-order valence-electron chi connectivity index (χ1n) is 6.94. The number of anilines is 1. The van der Waals surface area contributed by atoms with Gasteiger partial charge in [-0.1, -0.05) is 5.16 Å². The highest BCUT2D eigenvalue weighted by molar-refractivity contribution is 5.52. The second-order valence-electron chi connectivity index (χ2n) is 5.00. The minimum absolute atomic E-state index is 0.155. The maximum absolute atomic E-state index is 12.4. The molecule has 3 aromatic heterocycles. The third-order valence-electron chi connectivity index (χ3n) is 3.14. The number of pyridine rings is 2. The van der Waals surface area contributed by atoms with Gasteiger partial charge in [0.1, 0.15) is 0 Å². The van der Waals surface area contributed by atoms with Gasteiger partial charge >= 0.3 is 12.1 Å². The summed E-state index contributed by atoms with van der Waals surface area (Å²) in [6.45, 7) is 2.34. The minimum atomic E-state index is -4.66. The predicted molar refractivity (Wildman–Crippen MR) is 78.8 cm³/mol. The molecule has 3 aromatic rings. The molecule has 0 spiro atoms. The monoisotopic (exact) mass is 335 g/mol. The molecule has 0 aliphatic rings. The number of hydrogen-bond donors (Lipinski definition) is 1. The van der Waals surface area contributed by atoms with Crippen LogP contribution in [0.3, 0.4) is 0 Å². The van der Waals surface area contributed by atoms with Gasteiger partial charge in [0.2, 0.25) is 5.82 Å². The van der Waals surface area contributed by atoms with Crippen molar-refractivity contribution in [3.05, 3.63) is 53.9 Å². The third-order valence-corrected chi connectivity index (χ3v) is 3.14. The first-order valence-corrected chi connectivity index (χ1v) is 6.94. The smallest absolute Gasteiger partial charge is 0.378 e. The van der Waals surface area contributed by atoms with E-state index in [-0.39, 0.29) is 5.82 Å². The van der Waals surface area contributed by atoms with E-state index in [9.17, 15) is 13.2 Å². The van der Waals surface area contributed by atoms with E-state index in [1.165, 1.54) is 6.20 Å². The number of rotatable bonds is 4. The average molecular weight is 335 g/mol. The normalized spacial score (nSPS) is 11.5. The van der Waals surface area contributed by atoms with Gasteiger partial charge in [-0.05, 0) is 31.2 Å². The lowest BCUT2D eigenvalue weighted by Crippen LogP contribution is -2.05. The lowest BCUT2D eigenvalue weighted by Gasteiger charge is -2.06. The summed E-state index contributed by atoms with van der Waals surface area (Å²) in [5.74, 6) is -1.54. The molecule has 0 aromatic carbocycles. The zero-order valence-corrected chi connectivity index (χ0v) is 12.5. The Bertz CT molecular complexity index is 812. The molecule has 0 aliphatic heterocycles. The van der Waals surface area contributed by atoms with Crippen molar-refractivity contribution in [2.24, 2.45) is 0 Å². The largest absolute Gasteiger partial charge is 0.471 e. The Balaban J connectivity index is 1.67. The first-order chi connectivity index (χ1) is 11.4. The molecule has 9 heteroatoms. The quantitative estimate of drug-likeness (QED) is 0.787. The number of aromatic nitrogens is 4. The van der Waals surface area contributed by atoms with Crippen LogP contribution in [-0.4, -0.2) is 20.1 Å². The molecule has 3 heterocycles. The Labute approximate surface area is 134 Å². The zero-order chi connectivity index (χ0) is 17.2. The molecule has 124 valence electrons. The van der Waals surface area contributed by atoms with Gasteiger partial charge in [0, 0.05) is 17.5 Å². The number of hydrogen-bond acceptors (Lipinski definition) is 6. The van der Waals surface area contributed by atoms with Crippen molar-refractivity contribution >= 4 is 5.69 Å². The van der Waals surface area contributed by atoms with Crippen molar-refractivity contribution in [3.63, 3.8) is 0 Å². The number of alkyl halides is 3. The fraction of sp³-hybridized carbons (Fsp3) is 0.200. The Morgan fingerprint density at radius 1 is 1.08 bits per heavy atom. The van der Waals surface area contributed by atoms with E-state index in [0.717, 1.165) is 11.4 Å². The molecule has 3 rings (SSSR count). The molecule has 6 nitrogen and oxygen atoms in total. The van der Waals surface area contributed by atoms with Crippen molar-refractivity contribution in [2.45, 2.75) is 19.6 Å². The summed E-state index contributed by atoms with van der Waals surface area (Å²) in [5, 5.41) is 6.46. The van der Waals surface area contributed by atoms with Gasteiger partial charge in [0.05, 0.1) is 24.1 Å². The van der Waals surface area contributed by atoms with E-state index in [1.54, 1.807) is 18.3 Å². The lowest BCUT2D eigenvalue weighted by atomic mass is 10.2. The molecule has 1 N–H and O–H groups in total. The van der Waals surface area contributed by atoms with Gasteiger partial charge in [-0.2, -0.15) is 18.2 Å². The van der Waals surface area contributed by atoms with E-state index in [2.05, 4.69) is 29.9 Å². The molecule has 0 amide bonds. The molecule has 0 saturated heterocycles. The molecule has 0 radical (unpaired) electrons. The average Bonchev–Trinajstić information content (AvgIpc) is 3.05. The summed E-state index contributed by atoms with van der Waals surface area (Å²) >= 11 is 0. The van der Waals surface area contributed by atoms with Crippen LogP contribution in [-0.2, 0) is 12.7 Å². The Morgan fingerprint density at radius 2 is 1.92 bits per heavy atom. The fourth-order valence-corrected chi connectivity index (χ4v) is 1.88. The third kappa shape index (κ3) is 3.67. The summed E-state index contributed by atoms with van der Waals surface area (Å²) in [6.07, 6.45) is -1.55. The van der Waals surface area contributed by atoms with Crippen LogP contribution in [0.15, 0.2) is 41.2 Å². The standard InChI is InChI=1S/C15H12F3N5O/c1-9-2-4-11(7-19-9)21-8-12-5-3-10(6-20-12)13-22-14(24-23-13)15(16,17)18/h2-7,21H,8H2,1H3. The number of halogens is 3. The summed E-state index contributed by atoms with van der Waals surface area (Å²) in [6, 6.07) is 7.04. The SMILES string of the molecule is Cc1ccc(NCc2ccc(-c3noc(C(F)(F)F)n3)cn2)cn1. The summed E-state index contributed by atoms with van der Waals surface area (Å²) in [7, 11) is 0. The van der Waals surface area contributed by atoms with Crippen molar-refractivity contribution in [1.82, 2.24) is 20.1 Å². The molecular formula is C15H12F3N5O. The van der Waals surface area contributed by atoms with Crippen molar-refractivity contribution in [1.29, 1.82) is 0 Å². The topological polar surface area (TPSA) is 76.7 Å². The van der Waals surface area contributed by atoms with E-state index in [4.69, 9.17) is 0 Å². The van der Waals surface area contributed by atoms with Crippen LogP contribution in [0, 0.1) is 6.92 Å². The molecule has 0 fully saturated rings. The van der Waals surface area contributed by atoms with Crippen LogP contribution in [0.5, 0.6) is 0 Å². The summed E-state index contributed by atoms with van der Waals surface area (Å²) < 4.78 is 41.5. The highest BCUT2D eigenvalue weighted by Gasteiger charge is 2.38. The van der Waals surface area contributed by atoms with E-state index >= 15 is 0 Å². The van der Waals surface area contributed by atoms with Crippen molar-refractivity contribution in [3.8, 4) is 11.4 Å². The lowest BCUT2D eigenvalue weighted by molar-refractivity contribution is -0.159. The Hall–Kier alpha value is -2.97. The molecule has 0 aliphatic carbocycles. The van der Waals surface area contributed by atoms with Crippen LogP contribution in [0.4, 0.5) is 18.9 Å². The molecule has 24 heavy (non-hydrogen) atoms. The summed E-state index contributed by atoms with van der Waals surface area (Å²) in [4.78, 5) is 11.7. The van der Waals surface area contributed by atoms with Crippen molar-refractivity contribution in [2.75, 3.05) is 5.32 Å². The number of aryl methyl sites for hydroxylation is 1. The molecule has 0 saturated carbocycles. The second-order valence-corrected chi connectivity index (χ2v) is 5.00. The van der Waals surface area contributed by atoms with Crippen LogP contribution in [0.2, 0.25) is 0 Å². The van der Waals surface area contributed by atoms with Gasteiger partial charge in [-0.3, -0.25) is 9.97 Å². The van der Waals surface area contributed by atoms with Crippen molar-refractivity contribution < 1.29 is 17.7 Å². The maximum Gasteiger partial charge on any atom is 0.471 e. The van der Waals surface area contributed by atoms with Crippen LogP contribution in [0.25, 0.3) is 11.4 Å². The number of nitrogens with one attached hydrogen (secondary N) is 1. The van der Waals surface area contributed by atoms with Crippen LogP contribution in [0.1, 0.15) is 17.3 Å². The van der Waals surface area contributed by atoms with Gasteiger partial charge in [-0.25, -0.2) is 0 Å². The maximum atomic E-state index is 12.4. The fourth-order valence-electron chi connectivity index (χ4n) is 1.88. The Kier molecular flexibility index (Phi) is 4.15. The highest BCUT2D eigenvalue weighted by atomic mass is 19.4.